The van der Waals surface area contributed by atoms with Gasteiger partial charge in [0, 0.05) is 12.6 Å². The molecule has 3 heteroatoms. The highest BCUT2D eigenvalue weighted by Crippen LogP contribution is 2.24. The third-order valence-electron chi connectivity index (χ3n) is 3.35. The van der Waals surface area contributed by atoms with Crippen LogP contribution in [0.2, 0.25) is 0 Å². The second kappa shape index (κ2) is 7.88. The summed E-state index contributed by atoms with van der Waals surface area (Å²) >= 11 is 5.29. The molecule has 0 saturated heterocycles. The van der Waals surface area contributed by atoms with Crippen molar-refractivity contribution in [3.05, 3.63) is 0 Å². The van der Waals surface area contributed by atoms with Crippen molar-refractivity contribution in [2.24, 2.45) is 5.92 Å². The minimum atomic E-state index is 0.616. The van der Waals surface area contributed by atoms with E-state index in [4.69, 9.17) is 12.2 Å². The molecule has 1 saturated carbocycles. The van der Waals surface area contributed by atoms with Gasteiger partial charge in [0.1, 0.15) is 0 Å². The third kappa shape index (κ3) is 5.69. The van der Waals surface area contributed by atoms with Crippen molar-refractivity contribution < 1.29 is 0 Å². The van der Waals surface area contributed by atoms with E-state index < -0.39 is 0 Å². The maximum atomic E-state index is 5.29. The summed E-state index contributed by atoms with van der Waals surface area (Å²) in [5.41, 5.74) is 0. The van der Waals surface area contributed by atoms with E-state index in [1.54, 1.807) is 0 Å². The van der Waals surface area contributed by atoms with Crippen LogP contribution in [0.5, 0.6) is 0 Å². The fourth-order valence-corrected chi connectivity index (χ4v) is 2.60. The van der Waals surface area contributed by atoms with Gasteiger partial charge in [-0.15, -0.1) is 0 Å². The maximum Gasteiger partial charge on any atom is 0.166 e. The standard InChI is InChI=1S/C13H26N2S/c1-3-4-5-6-9-14-13(16)15-12-8-7-11(2)10-12/h11-12H,3-10H2,1-2H3,(H2,14,15,16). The molecule has 1 fully saturated rings. The lowest BCUT2D eigenvalue weighted by atomic mass is 10.1. The monoisotopic (exact) mass is 242 g/mol. The van der Waals surface area contributed by atoms with Gasteiger partial charge in [-0.2, -0.15) is 0 Å². The number of thiocarbonyl (C=S) groups is 1. The zero-order chi connectivity index (χ0) is 11.8. The van der Waals surface area contributed by atoms with E-state index in [9.17, 15) is 0 Å². The van der Waals surface area contributed by atoms with Crippen molar-refractivity contribution >= 4 is 17.3 Å². The van der Waals surface area contributed by atoms with Crippen molar-refractivity contribution in [3.8, 4) is 0 Å². The molecule has 2 atom stereocenters. The minimum absolute atomic E-state index is 0.616. The molecule has 0 heterocycles. The highest BCUT2D eigenvalue weighted by Gasteiger charge is 2.21. The number of unbranched alkanes of at least 4 members (excludes halogenated alkanes) is 3. The first-order chi connectivity index (χ1) is 7.72. The average molecular weight is 242 g/mol. The molecule has 1 rings (SSSR count). The first-order valence-corrected chi connectivity index (χ1v) is 7.17. The topological polar surface area (TPSA) is 24.1 Å². The van der Waals surface area contributed by atoms with Gasteiger partial charge in [0.15, 0.2) is 5.11 Å². The van der Waals surface area contributed by atoms with E-state index in [1.807, 2.05) is 0 Å². The number of hydrogen-bond donors (Lipinski definition) is 2. The molecule has 16 heavy (non-hydrogen) atoms. The summed E-state index contributed by atoms with van der Waals surface area (Å²) in [6.07, 6.45) is 9.07. The third-order valence-corrected chi connectivity index (χ3v) is 3.61. The molecule has 0 aromatic rings. The van der Waals surface area contributed by atoms with Gasteiger partial charge in [0.05, 0.1) is 0 Å². The second-order valence-corrected chi connectivity index (χ2v) is 5.48. The Kier molecular flexibility index (Phi) is 6.78. The van der Waals surface area contributed by atoms with Crippen LogP contribution in [-0.4, -0.2) is 17.7 Å². The van der Waals surface area contributed by atoms with Gasteiger partial charge in [0.25, 0.3) is 0 Å². The molecule has 0 amide bonds. The summed E-state index contributed by atoms with van der Waals surface area (Å²) in [5.74, 6) is 0.866. The van der Waals surface area contributed by atoms with Gasteiger partial charge >= 0.3 is 0 Å². The van der Waals surface area contributed by atoms with Crippen molar-refractivity contribution in [2.75, 3.05) is 6.54 Å². The first kappa shape index (κ1) is 13.8. The van der Waals surface area contributed by atoms with E-state index in [0.717, 1.165) is 17.6 Å². The van der Waals surface area contributed by atoms with E-state index in [1.165, 1.54) is 44.9 Å². The molecule has 0 spiro atoms. The molecule has 0 aromatic carbocycles. The molecular weight excluding hydrogens is 216 g/mol. The molecule has 2 nitrogen and oxygen atoms in total. The Morgan fingerprint density at radius 3 is 2.69 bits per heavy atom. The first-order valence-electron chi connectivity index (χ1n) is 6.76. The predicted octanol–water partition coefficient (Wildman–Crippen LogP) is 3.22. The number of rotatable bonds is 6. The predicted molar refractivity (Wildman–Crippen MR) is 74.7 cm³/mol. The van der Waals surface area contributed by atoms with Crippen LogP contribution in [-0.2, 0) is 0 Å². The van der Waals surface area contributed by atoms with Crippen molar-refractivity contribution in [3.63, 3.8) is 0 Å². The molecule has 1 aliphatic rings. The van der Waals surface area contributed by atoms with Gasteiger partial charge < -0.3 is 10.6 Å². The van der Waals surface area contributed by atoms with Crippen LogP contribution in [0.25, 0.3) is 0 Å². The van der Waals surface area contributed by atoms with Gasteiger partial charge in [-0.05, 0) is 43.8 Å². The molecule has 2 N–H and O–H groups in total. The van der Waals surface area contributed by atoms with Crippen molar-refractivity contribution in [1.82, 2.24) is 10.6 Å². The smallest absolute Gasteiger partial charge is 0.166 e. The van der Waals surface area contributed by atoms with Crippen LogP contribution >= 0.6 is 12.2 Å². The molecule has 0 radical (unpaired) electrons. The van der Waals surface area contributed by atoms with E-state index in [2.05, 4.69) is 24.5 Å². The highest BCUT2D eigenvalue weighted by atomic mass is 32.1. The van der Waals surface area contributed by atoms with Crippen LogP contribution in [0.4, 0.5) is 0 Å². The zero-order valence-corrected chi connectivity index (χ0v) is 11.5. The van der Waals surface area contributed by atoms with Crippen LogP contribution in [0.15, 0.2) is 0 Å². The largest absolute Gasteiger partial charge is 0.363 e. The summed E-state index contributed by atoms with van der Waals surface area (Å²) in [6, 6.07) is 0.616. The number of hydrogen-bond acceptors (Lipinski definition) is 1. The van der Waals surface area contributed by atoms with Crippen LogP contribution in [0, 0.1) is 5.92 Å². The summed E-state index contributed by atoms with van der Waals surface area (Å²) in [7, 11) is 0. The van der Waals surface area contributed by atoms with Gasteiger partial charge in [0.2, 0.25) is 0 Å². The Balaban J connectivity index is 1.98. The SMILES string of the molecule is CCCCCCNC(=S)NC1CCC(C)C1. The summed E-state index contributed by atoms with van der Waals surface area (Å²) < 4.78 is 0. The van der Waals surface area contributed by atoms with E-state index in [0.29, 0.717) is 6.04 Å². The quantitative estimate of drug-likeness (QED) is 0.552. The second-order valence-electron chi connectivity index (χ2n) is 5.08. The Hall–Kier alpha value is -0.310. The van der Waals surface area contributed by atoms with Crippen molar-refractivity contribution in [2.45, 2.75) is 64.8 Å². The number of nitrogens with one attached hydrogen (secondary N) is 2. The fourth-order valence-electron chi connectivity index (χ4n) is 2.33. The minimum Gasteiger partial charge on any atom is -0.363 e. The summed E-state index contributed by atoms with van der Waals surface area (Å²) in [5, 5.41) is 7.58. The molecule has 2 unspecified atom stereocenters. The lowest BCUT2D eigenvalue weighted by Gasteiger charge is -2.16. The Morgan fingerprint density at radius 1 is 1.25 bits per heavy atom. The fraction of sp³-hybridized carbons (Fsp3) is 0.923. The normalized spacial score (nSPS) is 24.4. The highest BCUT2D eigenvalue weighted by molar-refractivity contribution is 7.80. The van der Waals surface area contributed by atoms with Crippen molar-refractivity contribution in [1.29, 1.82) is 0 Å². The van der Waals surface area contributed by atoms with Gasteiger partial charge in [-0.1, -0.05) is 33.1 Å². The molecule has 0 aromatic heterocycles. The van der Waals surface area contributed by atoms with Crippen LogP contribution < -0.4 is 10.6 Å². The van der Waals surface area contributed by atoms with E-state index in [-0.39, 0.29) is 0 Å². The molecule has 94 valence electrons. The molecule has 0 aliphatic heterocycles. The van der Waals surface area contributed by atoms with Gasteiger partial charge in [-0.25, -0.2) is 0 Å². The maximum absolute atomic E-state index is 5.29. The average Bonchev–Trinajstić information content (AvgIpc) is 2.63. The Bertz CT molecular complexity index is 206. The zero-order valence-electron chi connectivity index (χ0n) is 10.7. The molecule has 1 aliphatic carbocycles. The lowest BCUT2D eigenvalue weighted by molar-refractivity contribution is 0.565. The molecule has 0 bridgehead atoms. The summed E-state index contributed by atoms with van der Waals surface area (Å²) in [6.45, 7) is 5.58. The summed E-state index contributed by atoms with van der Waals surface area (Å²) in [4.78, 5) is 0. The lowest BCUT2D eigenvalue weighted by Crippen LogP contribution is -2.41. The van der Waals surface area contributed by atoms with Crippen LogP contribution in [0.3, 0.4) is 0 Å². The Labute approximate surface area is 106 Å². The van der Waals surface area contributed by atoms with Gasteiger partial charge in [-0.3, -0.25) is 0 Å². The molecular formula is C13H26N2S. The van der Waals surface area contributed by atoms with E-state index >= 15 is 0 Å². The Morgan fingerprint density at radius 2 is 2.06 bits per heavy atom. The van der Waals surface area contributed by atoms with Crippen LogP contribution in [0.1, 0.15) is 58.8 Å².